The molecule has 138 valence electrons. The van der Waals surface area contributed by atoms with E-state index < -0.39 is 10.0 Å². The van der Waals surface area contributed by atoms with Gasteiger partial charge in [-0.1, -0.05) is 30.3 Å². The standard InChI is InChI=1S/C19H21NO5S/c1-23-18-8-7-17(25-13-15-12-24-15)16-9-10-26(21,22)20(19(16)18)11-14-5-3-2-4-6-14/h2-8,15H,9-13H2,1H3. The molecule has 6 nitrogen and oxygen atoms in total. The zero-order chi connectivity index (χ0) is 18.1. The van der Waals surface area contributed by atoms with Crippen LogP contribution in [0.2, 0.25) is 0 Å². The minimum atomic E-state index is -3.43. The summed E-state index contributed by atoms with van der Waals surface area (Å²) in [6.45, 7) is 1.46. The maximum atomic E-state index is 12.8. The Labute approximate surface area is 153 Å². The van der Waals surface area contributed by atoms with Gasteiger partial charge in [0.15, 0.2) is 0 Å². The van der Waals surface area contributed by atoms with Gasteiger partial charge in [0.05, 0.1) is 26.0 Å². The highest BCUT2D eigenvalue weighted by molar-refractivity contribution is 7.92. The van der Waals surface area contributed by atoms with Crippen molar-refractivity contribution < 1.29 is 22.6 Å². The molecule has 26 heavy (non-hydrogen) atoms. The maximum absolute atomic E-state index is 12.8. The van der Waals surface area contributed by atoms with Crippen molar-refractivity contribution in [3.05, 3.63) is 53.6 Å². The van der Waals surface area contributed by atoms with E-state index in [0.717, 1.165) is 11.1 Å². The maximum Gasteiger partial charge on any atom is 0.235 e. The van der Waals surface area contributed by atoms with Gasteiger partial charge >= 0.3 is 0 Å². The Kier molecular flexibility index (Phi) is 4.50. The van der Waals surface area contributed by atoms with Gasteiger partial charge in [-0.15, -0.1) is 0 Å². The Morgan fingerprint density at radius 3 is 2.58 bits per heavy atom. The molecule has 1 unspecified atom stereocenters. The number of rotatable bonds is 6. The summed E-state index contributed by atoms with van der Waals surface area (Å²) >= 11 is 0. The molecule has 0 aliphatic carbocycles. The normalized spacial score (nSPS) is 20.3. The second-order valence-electron chi connectivity index (χ2n) is 6.42. The second kappa shape index (κ2) is 6.81. The van der Waals surface area contributed by atoms with Crippen LogP contribution < -0.4 is 13.8 Å². The largest absolute Gasteiger partial charge is 0.495 e. The van der Waals surface area contributed by atoms with Crippen LogP contribution in [0.4, 0.5) is 5.69 Å². The summed E-state index contributed by atoms with van der Waals surface area (Å²) in [5.74, 6) is 1.29. The van der Waals surface area contributed by atoms with Gasteiger partial charge in [0.2, 0.25) is 10.0 Å². The third-order valence-corrected chi connectivity index (χ3v) is 6.32. The lowest BCUT2D eigenvalue weighted by molar-refractivity contribution is 0.261. The molecule has 0 aromatic heterocycles. The van der Waals surface area contributed by atoms with E-state index in [-0.39, 0.29) is 18.4 Å². The van der Waals surface area contributed by atoms with Crippen LogP contribution in [0.3, 0.4) is 0 Å². The zero-order valence-electron chi connectivity index (χ0n) is 14.6. The van der Waals surface area contributed by atoms with Crippen molar-refractivity contribution in [2.75, 3.05) is 30.4 Å². The van der Waals surface area contributed by atoms with Crippen molar-refractivity contribution in [3.8, 4) is 11.5 Å². The summed E-state index contributed by atoms with van der Waals surface area (Å²) < 4.78 is 43.6. The third kappa shape index (κ3) is 3.37. The van der Waals surface area contributed by atoms with Gasteiger partial charge < -0.3 is 14.2 Å². The summed E-state index contributed by atoms with van der Waals surface area (Å²) in [6.07, 6.45) is 0.543. The summed E-state index contributed by atoms with van der Waals surface area (Å²) in [7, 11) is -1.88. The molecule has 0 saturated carbocycles. The number of sulfonamides is 1. The Bertz CT molecular complexity index is 894. The minimum absolute atomic E-state index is 0.0519. The lowest BCUT2D eigenvalue weighted by Crippen LogP contribution is -2.37. The first-order valence-corrected chi connectivity index (χ1v) is 10.2. The number of epoxide rings is 1. The van der Waals surface area contributed by atoms with E-state index >= 15 is 0 Å². The van der Waals surface area contributed by atoms with Crippen LogP contribution >= 0.6 is 0 Å². The number of benzene rings is 2. The van der Waals surface area contributed by atoms with E-state index in [1.165, 1.54) is 4.31 Å². The first-order valence-electron chi connectivity index (χ1n) is 8.57. The second-order valence-corrected chi connectivity index (χ2v) is 8.43. The van der Waals surface area contributed by atoms with Crippen LogP contribution in [-0.4, -0.2) is 40.6 Å². The predicted octanol–water partition coefficient (Wildman–Crippen LogP) is 2.37. The number of nitrogens with zero attached hydrogens (tertiary/aromatic N) is 1. The Hall–Kier alpha value is -2.25. The summed E-state index contributed by atoms with van der Waals surface area (Å²) in [4.78, 5) is 0. The molecule has 4 rings (SSSR count). The molecule has 2 aromatic rings. The molecule has 0 spiro atoms. The summed E-state index contributed by atoms with van der Waals surface area (Å²) in [5.41, 5.74) is 2.37. The summed E-state index contributed by atoms with van der Waals surface area (Å²) in [5, 5.41) is 0. The molecule has 1 atom stereocenters. The van der Waals surface area contributed by atoms with Gasteiger partial charge in [-0.3, -0.25) is 4.31 Å². The Morgan fingerprint density at radius 1 is 1.15 bits per heavy atom. The number of ether oxygens (including phenoxy) is 3. The van der Waals surface area contributed by atoms with Crippen molar-refractivity contribution in [2.45, 2.75) is 19.1 Å². The molecule has 0 radical (unpaired) electrons. The number of hydrogen-bond donors (Lipinski definition) is 0. The van der Waals surface area contributed by atoms with E-state index in [2.05, 4.69) is 0 Å². The molecule has 7 heteroatoms. The van der Waals surface area contributed by atoms with Gasteiger partial charge in [-0.2, -0.15) is 0 Å². The van der Waals surface area contributed by atoms with Crippen LogP contribution in [0.1, 0.15) is 11.1 Å². The van der Waals surface area contributed by atoms with Crippen molar-refractivity contribution >= 4 is 15.7 Å². The lowest BCUT2D eigenvalue weighted by Gasteiger charge is -2.33. The van der Waals surface area contributed by atoms with E-state index in [4.69, 9.17) is 14.2 Å². The highest BCUT2D eigenvalue weighted by Gasteiger charge is 2.35. The quantitative estimate of drug-likeness (QED) is 0.725. The number of fused-ring (bicyclic) bond motifs is 1. The summed E-state index contributed by atoms with van der Waals surface area (Å²) in [6, 6.07) is 13.2. The van der Waals surface area contributed by atoms with Gasteiger partial charge in [0.25, 0.3) is 0 Å². The first kappa shape index (κ1) is 17.2. The van der Waals surface area contributed by atoms with Crippen LogP contribution in [0.5, 0.6) is 11.5 Å². The van der Waals surface area contributed by atoms with E-state index in [1.54, 1.807) is 13.2 Å². The van der Waals surface area contributed by atoms with Gasteiger partial charge in [-0.25, -0.2) is 8.42 Å². The fourth-order valence-electron chi connectivity index (χ4n) is 3.17. The van der Waals surface area contributed by atoms with E-state index in [9.17, 15) is 8.42 Å². The van der Waals surface area contributed by atoms with Crippen molar-refractivity contribution in [1.29, 1.82) is 0 Å². The van der Waals surface area contributed by atoms with E-state index in [0.29, 0.717) is 36.8 Å². The Morgan fingerprint density at radius 2 is 1.88 bits per heavy atom. The molecule has 1 fully saturated rings. The fraction of sp³-hybridized carbons (Fsp3) is 0.368. The van der Waals surface area contributed by atoms with E-state index in [1.807, 2.05) is 36.4 Å². The monoisotopic (exact) mass is 375 g/mol. The SMILES string of the molecule is COc1ccc(OCC2CO2)c2c1N(Cc1ccccc1)S(=O)(=O)CC2. The molecular weight excluding hydrogens is 354 g/mol. The highest BCUT2D eigenvalue weighted by atomic mass is 32.2. The van der Waals surface area contributed by atoms with Gasteiger partial charge in [0.1, 0.15) is 29.9 Å². The van der Waals surface area contributed by atoms with Gasteiger partial charge in [0, 0.05) is 5.56 Å². The number of anilines is 1. The molecule has 0 N–H and O–H groups in total. The average molecular weight is 375 g/mol. The number of methoxy groups -OCH3 is 1. The molecular formula is C19H21NO5S. The molecule has 1 saturated heterocycles. The zero-order valence-corrected chi connectivity index (χ0v) is 15.4. The van der Waals surface area contributed by atoms with Crippen molar-refractivity contribution in [3.63, 3.8) is 0 Å². The molecule has 0 bridgehead atoms. The molecule has 2 heterocycles. The van der Waals surface area contributed by atoms with Crippen molar-refractivity contribution in [2.24, 2.45) is 0 Å². The predicted molar refractivity (Wildman–Crippen MR) is 98.3 cm³/mol. The molecule has 2 aliphatic rings. The van der Waals surface area contributed by atoms with Crippen LogP contribution in [0.25, 0.3) is 0 Å². The smallest absolute Gasteiger partial charge is 0.235 e. The van der Waals surface area contributed by atoms with Crippen LogP contribution in [0.15, 0.2) is 42.5 Å². The third-order valence-electron chi connectivity index (χ3n) is 4.61. The fourth-order valence-corrected chi connectivity index (χ4v) is 4.67. The molecule has 2 aliphatic heterocycles. The first-order chi connectivity index (χ1) is 12.6. The molecule has 2 aromatic carbocycles. The lowest BCUT2D eigenvalue weighted by atomic mass is 10.1. The average Bonchev–Trinajstić information content (AvgIpc) is 3.47. The topological polar surface area (TPSA) is 68.4 Å². The molecule has 0 amide bonds. The Balaban J connectivity index is 1.75. The van der Waals surface area contributed by atoms with Crippen LogP contribution in [-0.2, 0) is 27.7 Å². The van der Waals surface area contributed by atoms with Crippen molar-refractivity contribution in [1.82, 2.24) is 0 Å². The van der Waals surface area contributed by atoms with Crippen LogP contribution in [0, 0.1) is 0 Å². The minimum Gasteiger partial charge on any atom is -0.495 e. The number of hydrogen-bond acceptors (Lipinski definition) is 5. The highest BCUT2D eigenvalue weighted by Crippen LogP contribution is 2.43. The van der Waals surface area contributed by atoms with Gasteiger partial charge in [-0.05, 0) is 24.1 Å².